The zero-order valence-corrected chi connectivity index (χ0v) is 18.6. The summed E-state index contributed by atoms with van der Waals surface area (Å²) in [4.78, 5) is 23.9. The molecule has 0 bridgehead atoms. The summed E-state index contributed by atoms with van der Waals surface area (Å²) in [5.41, 5.74) is 4.21. The van der Waals surface area contributed by atoms with Crippen LogP contribution in [0.15, 0.2) is 91.3 Å². The molecule has 4 rings (SSSR count). The van der Waals surface area contributed by atoms with Crippen LogP contribution in [0.25, 0.3) is 5.69 Å². The number of esters is 1. The third kappa shape index (κ3) is 5.51. The lowest BCUT2D eigenvalue weighted by molar-refractivity contribution is -0.144. The van der Waals surface area contributed by atoms with E-state index in [4.69, 9.17) is 4.74 Å². The van der Waals surface area contributed by atoms with Gasteiger partial charge in [0.25, 0.3) is 0 Å². The van der Waals surface area contributed by atoms with Crippen molar-refractivity contribution in [3.63, 3.8) is 0 Å². The number of rotatable bonds is 8. The van der Waals surface area contributed by atoms with Gasteiger partial charge in [-0.3, -0.25) is 4.79 Å². The zero-order valence-electron chi connectivity index (χ0n) is 17.7. The van der Waals surface area contributed by atoms with Crippen LogP contribution in [-0.4, -0.2) is 26.8 Å². The van der Waals surface area contributed by atoms with E-state index in [0.29, 0.717) is 5.56 Å². The summed E-state index contributed by atoms with van der Waals surface area (Å²) in [6, 6.07) is 23.7. The molecule has 0 spiro atoms. The van der Waals surface area contributed by atoms with Crippen molar-refractivity contribution in [1.29, 1.82) is 0 Å². The molecular formula is C26H22N2O4S. The Morgan fingerprint density at radius 2 is 1.76 bits per heavy atom. The lowest BCUT2D eigenvalue weighted by Gasteiger charge is -2.15. The molecule has 0 amide bonds. The maximum Gasteiger partial charge on any atom is 0.336 e. The van der Waals surface area contributed by atoms with Crippen molar-refractivity contribution in [2.24, 2.45) is 0 Å². The number of carbonyl (C=O) groups excluding carboxylic acids is 1. The highest BCUT2D eigenvalue weighted by Gasteiger charge is 2.18. The van der Waals surface area contributed by atoms with E-state index in [-0.39, 0.29) is 24.6 Å². The van der Waals surface area contributed by atoms with Gasteiger partial charge in [-0.25, -0.2) is 9.48 Å². The summed E-state index contributed by atoms with van der Waals surface area (Å²) in [6.45, 7) is 0.180. The summed E-state index contributed by atoms with van der Waals surface area (Å²) >= 11 is 4.65. The molecular weight excluding hydrogens is 436 g/mol. The lowest BCUT2D eigenvalue weighted by Crippen LogP contribution is -2.09. The minimum Gasteiger partial charge on any atom is -0.478 e. The predicted octanol–water partition coefficient (Wildman–Crippen LogP) is 4.88. The van der Waals surface area contributed by atoms with E-state index in [9.17, 15) is 14.7 Å². The molecule has 7 heteroatoms. The topological polar surface area (TPSA) is 81.4 Å². The predicted molar refractivity (Wildman–Crippen MR) is 128 cm³/mol. The molecule has 1 atom stereocenters. The molecule has 33 heavy (non-hydrogen) atoms. The molecule has 0 aliphatic carbocycles. The van der Waals surface area contributed by atoms with Crippen LogP contribution in [0.3, 0.4) is 0 Å². The van der Waals surface area contributed by atoms with E-state index in [1.807, 2.05) is 60.8 Å². The Balaban J connectivity index is 1.38. The molecule has 0 saturated heterocycles. The van der Waals surface area contributed by atoms with Crippen LogP contribution in [0.4, 0.5) is 0 Å². The number of hydrogen-bond donors (Lipinski definition) is 2. The Hall–Kier alpha value is -3.84. The van der Waals surface area contributed by atoms with Crippen LogP contribution in [0, 0.1) is 0 Å². The van der Waals surface area contributed by atoms with E-state index >= 15 is 0 Å². The Labute approximate surface area is 196 Å². The van der Waals surface area contributed by atoms with Crippen LogP contribution in [-0.2, 0) is 22.6 Å². The number of ether oxygens (including phenoxy) is 1. The van der Waals surface area contributed by atoms with Gasteiger partial charge in [-0.2, -0.15) is 17.7 Å². The summed E-state index contributed by atoms with van der Waals surface area (Å²) in [5, 5.41) is 13.2. The number of aromatic nitrogens is 2. The first-order valence-electron chi connectivity index (χ1n) is 10.3. The number of benzene rings is 3. The van der Waals surface area contributed by atoms with Crippen molar-refractivity contribution < 1.29 is 19.4 Å². The Morgan fingerprint density at radius 1 is 0.970 bits per heavy atom. The molecule has 1 unspecified atom stereocenters. The van der Waals surface area contributed by atoms with Gasteiger partial charge in [0, 0.05) is 12.4 Å². The highest BCUT2D eigenvalue weighted by molar-refractivity contribution is 7.80. The molecule has 6 nitrogen and oxygen atoms in total. The first-order valence-corrected chi connectivity index (χ1v) is 10.9. The molecule has 166 valence electrons. The van der Waals surface area contributed by atoms with Crippen molar-refractivity contribution in [2.75, 3.05) is 0 Å². The second kappa shape index (κ2) is 10.2. The van der Waals surface area contributed by atoms with Gasteiger partial charge < -0.3 is 9.84 Å². The first-order chi connectivity index (χ1) is 16.0. The molecule has 0 fully saturated rings. The van der Waals surface area contributed by atoms with Crippen molar-refractivity contribution in [3.05, 3.63) is 119 Å². The number of carboxylic acid groups (broad SMARTS) is 1. The summed E-state index contributed by atoms with van der Waals surface area (Å²) in [6.07, 6.45) is 3.69. The number of aromatic carboxylic acids is 1. The van der Waals surface area contributed by atoms with Crippen LogP contribution < -0.4 is 0 Å². The molecule has 0 aliphatic heterocycles. The first kappa shape index (κ1) is 22.4. The third-order valence-electron chi connectivity index (χ3n) is 5.21. The van der Waals surface area contributed by atoms with Crippen molar-refractivity contribution in [1.82, 2.24) is 9.78 Å². The fourth-order valence-electron chi connectivity index (χ4n) is 3.53. The largest absolute Gasteiger partial charge is 0.478 e. The standard InChI is InChI=1S/C26H22N2O4S/c29-24(32-17-18-9-11-21(12-10-18)28-14-4-13-27-28)16-19-5-3-6-20(15-19)25(33)22-7-1-2-8-23(22)26(30)31/h1-15,25,33H,16-17H2,(H,30,31). The Bertz CT molecular complexity index is 1250. The van der Waals surface area contributed by atoms with Gasteiger partial charge in [0.2, 0.25) is 0 Å². The highest BCUT2D eigenvalue weighted by atomic mass is 32.1. The van der Waals surface area contributed by atoms with Crippen LogP contribution in [0.1, 0.15) is 37.9 Å². The second-order valence-electron chi connectivity index (χ2n) is 7.49. The molecule has 1 heterocycles. The van der Waals surface area contributed by atoms with Crippen molar-refractivity contribution in [2.45, 2.75) is 18.3 Å². The number of hydrogen-bond acceptors (Lipinski definition) is 5. The zero-order chi connectivity index (χ0) is 23.2. The molecule has 1 N–H and O–H groups in total. The summed E-state index contributed by atoms with van der Waals surface area (Å²) in [7, 11) is 0. The number of carbonyl (C=O) groups is 2. The minimum atomic E-state index is -0.998. The van der Waals surface area contributed by atoms with Gasteiger partial charge in [-0.15, -0.1) is 0 Å². The number of thiol groups is 1. The molecule has 0 radical (unpaired) electrons. The minimum absolute atomic E-state index is 0.111. The molecule has 4 aromatic rings. The second-order valence-corrected chi connectivity index (χ2v) is 8.01. The van der Waals surface area contributed by atoms with Crippen LogP contribution in [0.2, 0.25) is 0 Å². The average Bonchev–Trinajstić information content (AvgIpc) is 3.38. The SMILES string of the molecule is O=C(Cc1cccc(C(S)c2ccccc2C(=O)O)c1)OCc1ccc(-n2cccn2)cc1. The fraction of sp³-hybridized carbons (Fsp3) is 0.115. The van der Waals surface area contributed by atoms with E-state index in [1.165, 1.54) is 0 Å². The van der Waals surface area contributed by atoms with E-state index in [0.717, 1.165) is 22.4 Å². The van der Waals surface area contributed by atoms with Gasteiger partial charge in [0.1, 0.15) is 6.61 Å². The molecule has 1 aromatic heterocycles. The maximum atomic E-state index is 12.4. The van der Waals surface area contributed by atoms with Crippen LogP contribution in [0.5, 0.6) is 0 Å². The van der Waals surface area contributed by atoms with Gasteiger partial charge >= 0.3 is 11.9 Å². The smallest absolute Gasteiger partial charge is 0.336 e. The van der Waals surface area contributed by atoms with Gasteiger partial charge in [-0.05, 0) is 46.5 Å². The van der Waals surface area contributed by atoms with Gasteiger partial charge in [0.15, 0.2) is 0 Å². The quantitative estimate of drug-likeness (QED) is 0.291. The summed E-state index contributed by atoms with van der Waals surface area (Å²) in [5.74, 6) is -1.34. The summed E-state index contributed by atoms with van der Waals surface area (Å²) < 4.78 is 7.20. The monoisotopic (exact) mass is 458 g/mol. The lowest BCUT2D eigenvalue weighted by atomic mass is 9.97. The van der Waals surface area contributed by atoms with Gasteiger partial charge in [-0.1, -0.05) is 54.6 Å². The van der Waals surface area contributed by atoms with E-state index in [1.54, 1.807) is 35.1 Å². The Kier molecular flexibility index (Phi) is 6.90. The normalized spacial score (nSPS) is 11.7. The average molecular weight is 459 g/mol. The van der Waals surface area contributed by atoms with E-state index in [2.05, 4.69) is 17.7 Å². The third-order valence-corrected chi connectivity index (χ3v) is 5.78. The maximum absolute atomic E-state index is 12.4. The molecule has 0 aliphatic rings. The molecule has 3 aromatic carbocycles. The fourth-order valence-corrected chi connectivity index (χ4v) is 3.92. The van der Waals surface area contributed by atoms with E-state index < -0.39 is 11.2 Å². The number of carboxylic acids is 1. The molecule has 0 saturated carbocycles. The van der Waals surface area contributed by atoms with Crippen molar-refractivity contribution >= 4 is 24.6 Å². The van der Waals surface area contributed by atoms with Gasteiger partial charge in [0.05, 0.1) is 22.9 Å². The van der Waals surface area contributed by atoms with Crippen LogP contribution >= 0.6 is 12.6 Å². The Morgan fingerprint density at radius 3 is 2.48 bits per heavy atom. The highest BCUT2D eigenvalue weighted by Crippen LogP contribution is 2.31. The number of nitrogens with zero attached hydrogens (tertiary/aromatic N) is 2. The van der Waals surface area contributed by atoms with Crippen molar-refractivity contribution in [3.8, 4) is 5.69 Å².